The van der Waals surface area contributed by atoms with Gasteiger partial charge in [-0.2, -0.15) is 0 Å². The molecule has 0 aliphatic rings. The van der Waals surface area contributed by atoms with E-state index < -0.39 is 24.5 Å². The lowest BCUT2D eigenvalue weighted by atomic mass is 9.89. The van der Waals surface area contributed by atoms with Crippen LogP contribution in [0.25, 0.3) is 43.1 Å². The number of aliphatic hydroxyl groups excluding tert-OH is 1. The maximum atomic E-state index is 9.91. The van der Waals surface area contributed by atoms with Crippen molar-refractivity contribution in [3.05, 3.63) is 144 Å². The Labute approximate surface area is 381 Å². The van der Waals surface area contributed by atoms with Gasteiger partial charge in [-0.05, 0) is 129 Å². The zero-order chi connectivity index (χ0) is 45.5. The average molecular weight is 881 g/mol. The number of benzene rings is 7. The van der Waals surface area contributed by atoms with Crippen LogP contribution in [0.2, 0.25) is 40.3 Å². The van der Waals surface area contributed by atoms with Gasteiger partial charge in [0.1, 0.15) is 0 Å². The van der Waals surface area contributed by atoms with Crippen molar-refractivity contribution in [2.24, 2.45) is 0 Å². The van der Waals surface area contributed by atoms with Gasteiger partial charge in [-0.25, -0.2) is 0 Å². The molecule has 0 atom stereocenters. The molecule has 0 heterocycles. The average Bonchev–Trinajstić information content (AvgIpc) is 3.25. The third kappa shape index (κ3) is 8.64. The molecule has 0 fully saturated rings. The highest BCUT2D eigenvalue weighted by molar-refractivity contribution is 7.01. The van der Waals surface area contributed by atoms with Crippen molar-refractivity contribution in [3.63, 3.8) is 0 Å². The summed E-state index contributed by atoms with van der Waals surface area (Å²) in [6.45, 7) is 31.2. The lowest BCUT2D eigenvalue weighted by Gasteiger charge is -2.36. The molecule has 7 aromatic carbocycles. The van der Waals surface area contributed by atoms with Gasteiger partial charge in [-0.15, -0.1) is 11.1 Å². The third-order valence-corrected chi connectivity index (χ3v) is 30.2. The summed E-state index contributed by atoms with van der Waals surface area (Å²) in [6, 6.07) is 44.9. The van der Waals surface area contributed by atoms with Crippen LogP contribution in [0.4, 0.5) is 0 Å². The van der Waals surface area contributed by atoms with E-state index in [1.807, 2.05) is 0 Å². The van der Waals surface area contributed by atoms with E-state index in [1.165, 1.54) is 37.5 Å². The molecule has 1 N–H and O–H groups in total. The van der Waals surface area contributed by atoms with Crippen molar-refractivity contribution in [2.75, 3.05) is 0 Å². The molecule has 324 valence electrons. The fourth-order valence-corrected chi connectivity index (χ4v) is 19.7. The maximum Gasteiger partial charge on any atom is 0.192 e. The summed E-state index contributed by atoms with van der Waals surface area (Å²) in [6.07, 6.45) is 0. The molecule has 0 aliphatic heterocycles. The van der Waals surface area contributed by atoms with Crippen LogP contribution >= 0.6 is 0 Å². The van der Waals surface area contributed by atoms with E-state index in [-0.39, 0.29) is 11.6 Å². The predicted molar refractivity (Wildman–Crippen MR) is 282 cm³/mol. The van der Waals surface area contributed by atoms with Gasteiger partial charge in [0.05, 0.1) is 13.2 Å². The number of rotatable bonds is 10. The Bertz CT molecular complexity index is 2800. The lowest BCUT2D eigenvalue weighted by Crippen LogP contribution is -2.52. The summed E-state index contributed by atoms with van der Waals surface area (Å²) in [5.74, 6) is 8.04. The van der Waals surface area contributed by atoms with E-state index in [9.17, 15) is 5.11 Å². The summed E-state index contributed by atoms with van der Waals surface area (Å²) >= 11 is 0. The minimum atomic E-state index is -2.46. The monoisotopic (exact) mass is 880 g/mol. The van der Waals surface area contributed by atoms with Gasteiger partial charge in [0.15, 0.2) is 24.5 Å². The van der Waals surface area contributed by atoms with Crippen molar-refractivity contribution >= 4 is 77.9 Å². The molecule has 0 spiro atoms. The van der Waals surface area contributed by atoms with Crippen LogP contribution in [-0.2, 0) is 17.6 Å². The number of hydrogen-bond donors (Lipinski definition) is 1. The Morgan fingerprint density at radius 1 is 0.492 bits per heavy atom. The molecule has 0 saturated heterocycles. The first-order valence-electron chi connectivity index (χ1n) is 23.1. The minimum absolute atomic E-state index is 0.0380. The van der Waals surface area contributed by atoms with E-state index in [4.69, 9.17) is 4.43 Å². The molecular formula is C58H68O2Si3. The van der Waals surface area contributed by atoms with Gasteiger partial charge in [0.2, 0.25) is 0 Å². The van der Waals surface area contributed by atoms with Crippen LogP contribution in [0.5, 0.6) is 0 Å². The van der Waals surface area contributed by atoms with E-state index >= 15 is 0 Å². The first-order chi connectivity index (χ1) is 29.8. The van der Waals surface area contributed by atoms with Gasteiger partial charge >= 0.3 is 0 Å². The topological polar surface area (TPSA) is 29.5 Å². The molecule has 0 saturated carbocycles. The van der Waals surface area contributed by atoms with Crippen LogP contribution in [0, 0.1) is 22.9 Å². The Kier molecular flexibility index (Phi) is 13.2. The molecule has 0 aromatic heterocycles. The molecule has 0 unspecified atom stereocenters. The predicted octanol–water partition coefficient (Wildman–Crippen LogP) is 14.4. The third-order valence-electron chi connectivity index (χ3n) is 14.7. The van der Waals surface area contributed by atoms with E-state index in [1.54, 1.807) is 0 Å². The number of fused-ring (bicyclic) bond motifs is 4. The lowest BCUT2D eigenvalue weighted by molar-refractivity contribution is 0.276. The molecule has 0 amide bonds. The van der Waals surface area contributed by atoms with Gasteiger partial charge in [-0.1, -0.05) is 185 Å². The molecule has 7 aromatic rings. The molecule has 5 heteroatoms. The molecule has 0 bridgehead atoms. The van der Waals surface area contributed by atoms with E-state index in [0.717, 1.165) is 38.2 Å². The smallest absolute Gasteiger partial charge is 0.192 e. The van der Waals surface area contributed by atoms with Crippen molar-refractivity contribution in [1.82, 2.24) is 0 Å². The van der Waals surface area contributed by atoms with Crippen molar-refractivity contribution in [1.29, 1.82) is 0 Å². The summed E-state index contributed by atoms with van der Waals surface area (Å²) < 4.78 is 6.65. The normalized spacial score (nSPS) is 12.8. The summed E-state index contributed by atoms with van der Waals surface area (Å²) in [4.78, 5) is 0. The van der Waals surface area contributed by atoms with Crippen molar-refractivity contribution < 1.29 is 9.53 Å². The van der Waals surface area contributed by atoms with Crippen LogP contribution in [-0.4, -0.2) is 29.6 Å². The minimum Gasteiger partial charge on any atom is -0.413 e. The van der Waals surface area contributed by atoms with Crippen LogP contribution < -0.4 is 10.4 Å². The van der Waals surface area contributed by atoms with Crippen molar-refractivity contribution in [2.45, 2.75) is 130 Å². The zero-order valence-corrected chi connectivity index (χ0v) is 43.1. The Balaban J connectivity index is 1.51. The first-order valence-corrected chi connectivity index (χ1v) is 30.4. The van der Waals surface area contributed by atoms with Gasteiger partial charge in [0, 0.05) is 11.1 Å². The molecule has 0 aliphatic carbocycles. The highest BCUT2D eigenvalue weighted by Gasteiger charge is 2.42. The van der Waals surface area contributed by atoms with E-state index in [0.29, 0.717) is 28.8 Å². The van der Waals surface area contributed by atoms with Crippen LogP contribution in [0.1, 0.15) is 98.4 Å². The second-order valence-electron chi connectivity index (χ2n) is 20.7. The van der Waals surface area contributed by atoms with Crippen LogP contribution in [0.3, 0.4) is 0 Å². The Morgan fingerprint density at radius 2 is 0.810 bits per heavy atom. The van der Waals surface area contributed by atoms with E-state index in [2.05, 4.69) is 234 Å². The molecule has 0 radical (unpaired) electrons. The van der Waals surface area contributed by atoms with Gasteiger partial charge in [-0.3, -0.25) is 0 Å². The summed E-state index contributed by atoms with van der Waals surface area (Å²) in [7, 11) is -6.78. The number of hydrogen-bond acceptors (Lipinski definition) is 2. The summed E-state index contributed by atoms with van der Waals surface area (Å²) in [5.41, 5.74) is 14.2. The SMILES string of the molecule is CC(C)[Si](C#Cc1c2cc3ccccc3cc2c(C#C[Si](c2ccc(CO[Si](C)(C)C(C)(C)C)cc2)(C(C)C)C(C)C)c2cc3ccccc3cc12)(c1ccc(CO)cc1)C(C)C. The molecule has 2 nitrogen and oxygen atoms in total. The molecular weight excluding hydrogens is 813 g/mol. The van der Waals surface area contributed by atoms with Crippen LogP contribution in [0.15, 0.2) is 121 Å². The largest absolute Gasteiger partial charge is 0.413 e. The fraction of sp³-hybridized carbons (Fsp3) is 0.345. The highest BCUT2D eigenvalue weighted by atomic mass is 28.4. The molecule has 63 heavy (non-hydrogen) atoms. The number of aliphatic hydroxyl groups is 1. The van der Waals surface area contributed by atoms with Gasteiger partial charge < -0.3 is 9.53 Å². The standard InChI is InChI=1S/C58H68O2Si3/c1-40(2)62(41(3)4,50-26-22-44(38-59)23-27-50)32-30-52-54-34-46-18-14-16-20-48(46)36-56(54)53(57-37-49-21-17-15-19-47(49)35-55(52)57)31-33-63(42(5)6,43(7)8)51-28-24-45(25-29-51)39-60-61(12,13)58(9,10)11/h14-29,34-37,40-43,59H,38-39H2,1-13H3. The molecule has 7 rings (SSSR count). The second-order valence-corrected chi connectivity index (χ2v) is 35.3. The fourth-order valence-electron chi connectivity index (χ4n) is 9.83. The Morgan fingerprint density at radius 3 is 1.10 bits per heavy atom. The maximum absolute atomic E-state index is 9.91. The van der Waals surface area contributed by atoms with Crippen molar-refractivity contribution in [3.8, 4) is 22.9 Å². The first kappa shape index (κ1) is 46.3. The Hall–Kier alpha value is -4.73. The summed E-state index contributed by atoms with van der Waals surface area (Å²) in [5, 5.41) is 22.2. The highest BCUT2D eigenvalue weighted by Crippen LogP contribution is 2.40. The van der Waals surface area contributed by atoms with Gasteiger partial charge in [0.25, 0.3) is 0 Å². The second kappa shape index (κ2) is 18.0. The zero-order valence-electron chi connectivity index (χ0n) is 40.1. The quantitative estimate of drug-likeness (QED) is 0.0843.